The van der Waals surface area contributed by atoms with Crippen LogP contribution >= 0.6 is 11.6 Å². The Morgan fingerprint density at radius 1 is 0.958 bits per heavy atom. The van der Waals surface area contributed by atoms with E-state index in [4.69, 9.17) is 21.1 Å². The number of aliphatic hydroxyl groups is 1. The van der Waals surface area contributed by atoms with Crippen molar-refractivity contribution in [1.29, 1.82) is 0 Å². The second-order valence-electron chi connectivity index (χ2n) is 5.74. The summed E-state index contributed by atoms with van der Waals surface area (Å²) in [6, 6.07) is 13.2. The second-order valence-corrected chi connectivity index (χ2v) is 6.18. The van der Waals surface area contributed by atoms with Gasteiger partial charge in [-0.1, -0.05) is 36.7 Å². The summed E-state index contributed by atoms with van der Waals surface area (Å²) in [5.74, 6) is 1.73. The third-order valence-corrected chi connectivity index (χ3v) is 4.27. The molecule has 0 amide bonds. The molecule has 2 rings (SSSR count). The topological polar surface area (TPSA) is 50.7 Å². The molecule has 0 fully saturated rings. The summed E-state index contributed by atoms with van der Waals surface area (Å²) < 4.78 is 10.6. The Hall–Kier alpha value is -1.75. The lowest BCUT2D eigenvalue weighted by Gasteiger charge is -2.17. The SMILES string of the molecule is COc1ccc(C(C)CNC[C@H](O)c2ccc(Cl)cc2)cc1OC. The number of nitrogens with one attached hydrogen (secondary N) is 1. The summed E-state index contributed by atoms with van der Waals surface area (Å²) >= 11 is 5.86. The molecule has 5 heteroatoms. The molecule has 0 saturated heterocycles. The largest absolute Gasteiger partial charge is 0.493 e. The highest BCUT2D eigenvalue weighted by molar-refractivity contribution is 6.30. The van der Waals surface area contributed by atoms with E-state index in [1.165, 1.54) is 0 Å². The van der Waals surface area contributed by atoms with Crippen LogP contribution in [0.4, 0.5) is 0 Å². The normalized spacial score (nSPS) is 13.4. The van der Waals surface area contributed by atoms with E-state index in [2.05, 4.69) is 12.2 Å². The van der Waals surface area contributed by atoms with Crippen LogP contribution in [0.5, 0.6) is 11.5 Å². The zero-order chi connectivity index (χ0) is 17.5. The van der Waals surface area contributed by atoms with Gasteiger partial charge in [-0.05, 0) is 41.3 Å². The van der Waals surface area contributed by atoms with Gasteiger partial charge in [-0.15, -0.1) is 0 Å². The summed E-state index contributed by atoms with van der Waals surface area (Å²) in [6.07, 6.45) is -0.556. The van der Waals surface area contributed by atoms with Gasteiger partial charge in [-0.2, -0.15) is 0 Å². The predicted octanol–water partition coefficient (Wildman–Crippen LogP) is 3.78. The van der Waals surface area contributed by atoms with Crippen molar-refractivity contribution in [2.24, 2.45) is 0 Å². The molecule has 0 aromatic heterocycles. The first-order chi connectivity index (χ1) is 11.5. The van der Waals surface area contributed by atoms with Gasteiger partial charge in [0.25, 0.3) is 0 Å². The monoisotopic (exact) mass is 349 g/mol. The van der Waals surface area contributed by atoms with Crippen molar-refractivity contribution in [2.45, 2.75) is 18.9 Å². The molecular weight excluding hydrogens is 326 g/mol. The van der Waals surface area contributed by atoms with Crippen molar-refractivity contribution >= 4 is 11.6 Å². The Labute approximate surface area is 148 Å². The third-order valence-electron chi connectivity index (χ3n) is 4.02. The molecule has 2 aromatic rings. The minimum Gasteiger partial charge on any atom is -0.493 e. The summed E-state index contributed by atoms with van der Waals surface area (Å²) in [6.45, 7) is 3.36. The first kappa shape index (κ1) is 18.6. The van der Waals surface area contributed by atoms with E-state index in [-0.39, 0.29) is 5.92 Å². The molecule has 0 aliphatic heterocycles. The molecule has 24 heavy (non-hydrogen) atoms. The van der Waals surface area contributed by atoms with E-state index in [1.54, 1.807) is 26.4 Å². The van der Waals surface area contributed by atoms with Crippen LogP contribution in [0.25, 0.3) is 0 Å². The number of hydrogen-bond acceptors (Lipinski definition) is 4. The predicted molar refractivity (Wildman–Crippen MR) is 97.2 cm³/mol. The Balaban J connectivity index is 1.88. The van der Waals surface area contributed by atoms with Crippen molar-refractivity contribution < 1.29 is 14.6 Å². The van der Waals surface area contributed by atoms with E-state index in [0.717, 1.165) is 29.2 Å². The smallest absolute Gasteiger partial charge is 0.160 e. The lowest BCUT2D eigenvalue weighted by molar-refractivity contribution is 0.174. The van der Waals surface area contributed by atoms with Crippen LogP contribution in [0.3, 0.4) is 0 Å². The fourth-order valence-electron chi connectivity index (χ4n) is 2.52. The highest BCUT2D eigenvalue weighted by Crippen LogP contribution is 2.30. The number of rotatable bonds is 8. The molecule has 2 atom stereocenters. The molecule has 0 radical (unpaired) electrons. The summed E-state index contributed by atoms with van der Waals surface area (Å²) in [5, 5.41) is 14.2. The van der Waals surface area contributed by atoms with Gasteiger partial charge in [-0.25, -0.2) is 0 Å². The molecule has 2 N–H and O–H groups in total. The van der Waals surface area contributed by atoms with Gasteiger partial charge in [0.05, 0.1) is 20.3 Å². The maximum atomic E-state index is 10.2. The molecule has 0 spiro atoms. The zero-order valence-corrected chi connectivity index (χ0v) is 15.0. The number of methoxy groups -OCH3 is 2. The van der Waals surface area contributed by atoms with Crippen LogP contribution in [0.1, 0.15) is 30.1 Å². The maximum absolute atomic E-state index is 10.2. The first-order valence-corrected chi connectivity index (χ1v) is 8.29. The van der Waals surface area contributed by atoms with Crippen LogP contribution in [0, 0.1) is 0 Å². The van der Waals surface area contributed by atoms with Crippen molar-refractivity contribution in [3.63, 3.8) is 0 Å². The Bertz CT molecular complexity index is 646. The van der Waals surface area contributed by atoms with Crippen molar-refractivity contribution in [3.05, 3.63) is 58.6 Å². The van der Waals surface area contributed by atoms with Gasteiger partial charge in [0.15, 0.2) is 11.5 Å². The van der Waals surface area contributed by atoms with Gasteiger partial charge in [0.2, 0.25) is 0 Å². The molecule has 0 aliphatic carbocycles. The molecule has 0 heterocycles. The average Bonchev–Trinajstić information content (AvgIpc) is 2.61. The summed E-state index contributed by atoms with van der Waals surface area (Å²) in [7, 11) is 3.26. The zero-order valence-electron chi connectivity index (χ0n) is 14.3. The average molecular weight is 350 g/mol. The molecular formula is C19H24ClNO3. The molecule has 0 saturated carbocycles. The quantitative estimate of drug-likeness (QED) is 0.761. The van der Waals surface area contributed by atoms with E-state index < -0.39 is 6.10 Å². The summed E-state index contributed by atoms with van der Waals surface area (Å²) in [4.78, 5) is 0. The fourth-order valence-corrected chi connectivity index (χ4v) is 2.64. The van der Waals surface area contributed by atoms with Gasteiger partial charge >= 0.3 is 0 Å². The van der Waals surface area contributed by atoms with Gasteiger partial charge < -0.3 is 19.9 Å². The molecule has 0 bridgehead atoms. The highest BCUT2D eigenvalue weighted by Gasteiger charge is 2.12. The van der Waals surface area contributed by atoms with Crippen molar-refractivity contribution in [1.82, 2.24) is 5.32 Å². The van der Waals surface area contributed by atoms with Crippen molar-refractivity contribution in [2.75, 3.05) is 27.3 Å². The van der Waals surface area contributed by atoms with Crippen LogP contribution in [-0.4, -0.2) is 32.4 Å². The van der Waals surface area contributed by atoms with E-state index in [1.807, 2.05) is 30.3 Å². The Morgan fingerprint density at radius 2 is 1.58 bits per heavy atom. The van der Waals surface area contributed by atoms with Gasteiger partial charge in [0, 0.05) is 18.1 Å². The van der Waals surface area contributed by atoms with Crippen LogP contribution in [0.15, 0.2) is 42.5 Å². The van der Waals surface area contributed by atoms with Gasteiger partial charge in [-0.3, -0.25) is 0 Å². The van der Waals surface area contributed by atoms with Crippen LogP contribution in [-0.2, 0) is 0 Å². The molecule has 4 nitrogen and oxygen atoms in total. The lowest BCUT2D eigenvalue weighted by atomic mass is 10.0. The second kappa shape index (κ2) is 8.92. The van der Waals surface area contributed by atoms with E-state index >= 15 is 0 Å². The van der Waals surface area contributed by atoms with Crippen molar-refractivity contribution in [3.8, 4) is 11.5 Å². The maximum Gasteiger partial charge on any atom is 0.160 e. The van der Waals surface area contributed by atoms with E-state index in [9.17, 15) is 5.11 Å². The molecule has 1 unspecified atom stereocenters. The minimum atomic E-state index is -0.556. The number of aliphatic hydroxyl groups excluding tert-OH is 1. The molecule has 130 valence electrons. The summed E-state index contributed by atoms with van der Waals surface area (Å²) in [5.41, 5.74) is 2.01. The van der Waals surface area contributed by atoms with Gasteiger partial charge in [0.1, 0.15) is 0 Å². The Morgan fingerprint density at radius 3 is 2.21 bits per heavy atom. The molecule has 0 aliphatic rings. The number of ether oxygens (including phenoxy) is 2. The standard InChI is InChI=1S/C19H24ClNO3/c1-13(15-6-9-18(23-2)19(10-15)24-3)11-21-12-17(22)14-4-7-16(20)8-5-14/h4-10,13,17,21-22H,11-12H2,1-3H3/t13?,17-/m0/s1. The first-order valence-electron chi connectivity index (χ1n) is 7.91. The molecule has 2 aromatic carbocycles. The highest BCUT2D eigenvalue weighted by atomic mass is 35.5. The number of hydrogen-bond donors (Lipinski definition) is 2. The lowest BCUT2D eigenvalue weighted by Crippen LogP contribution is -2.25. The van der Waals surface area contributed by atoms with Crippen LogP contribution < -0.4 is 14.8 Å². The fraction of sp³-hybridized carbons (Fsp3) is 0.368. The Kier molecular flexibility index (Phi) is 6.91. The van der Waals surface area contributed by atoms with E-state index in [0.29, 0.717) is 11.6 Å². The minimum absolute atomic E-state index is 0.280. The third kappa shape index (κ3) is 4.87. The number of halogens is 1. The van der Waals surface area contributed by atoms with Crippen LogP contribution in [0.2, 0.25) is 5.02 Å². The number of benzene rings is 2.